The van der Waals surface area contributed by atoms with Crippen molar-refractivity contribution in [2.24, 2.45) is 0 Å². The van der Waals surface area contributed by atoms with Crippen LogP contribution in [0.4, 0.5) is 5.69 Å². The number of Topliss-reactive ketones (excluding diaryl/α,β-unsaturated/α-hetero) is 1. The van der Waals surface area contributed by atoms with Gasteiger partial charge in [-0.1, -0.05) is 24.3 Å². The first kappa shape index (κ1) is 17.8. The highest BCUT2D eigenvalue weighted by atomic mass is 32.2. The third-order valence-corrected chi connectivity index (χ3v) is 5.52. The highest BCUT2D eigenvalue weighted by Gasteiger charge is 2.15. The number of nitrogens with one attached hydrogen (secondary N) is 1. The Bertz CT molecular complexity index is 1280. The molecule has 0 spiro atoms. The van der Waals surface area contributed by atoms with E-state index < -0.39 is 10.0 Å². The van der Waals surface area contributed by atoms with Crippen molar-refractivity contribution < 1.29 is 13.2 Å². The largest absolute Gasteiger partial charge is 0.295 e. The van der Waals surface area contributed by atoms with Crippen molar-refractivity contribution in [2.75, 3.05) is 4.72 Å². The molecule has 0 aliphatic heterocycles. The lowest BCUT2D eigenvalue weighted by Gasteiger charge is -2.09. The Morgan fingerprint density at radius 2 is 1.82 bits per heavy atom. The van der Waals surface area contributed by atoms with Gasteiger partial charge in [-0.25, -0.2) is 8.42 Å². The number of nitrogens with zero attached hydrogens (tertiary/aromatic N) is 4. The van der Waals surface area contributed by atoms with Crippen LogP contribution in [0.5, 0.6) is 0 Å². The lowest BCUT2D eigenvalue weighted by Crippen LogP contribution is -2.13. The van der Waals surface area contributed by atoms with Crippen LogP contribution >= 0.6 is 0 Å². The number of rotatable bonds is 5. The molecule has 2 aromatic carbocycles. The summed E-state index contributed by atoms with van der Waals surface area (Å²) < 4.78 is 29.3. The fourth-order valence-electron chi connectivity index (χ4n) is 2.69. The van der Waals surface area contributed by atoms with E-state index in [2.05, 4.69) is 20.0 Å². The van der Waals surface area contributed by atoms with Crippen LogP contribution in [-0.2, 0) is 10.0 Å². The number of benzene rings is 2. The predicted octanol–water partition coefficient (Wildman–Crippen LogP) is 2.79. The minimum Gasteiger partial charge on any atom is -0.295 e. The number of carbonyl (C=O) groups excluding carboxylic acids is 1. The van der Waals surface area contributed by atoms with Crippen LogP contribution in [0.15, 0.2) is 71.9 Å². The fourth-order valence-corrected chi connectivity index (χ4v) is 3.79. The molecule has 0 fully saturated rings. The molecule has 0 atom stereocenters. The van der Waals surface area contributed by atoms with Crippen LogP contribution < -0.4 is 4.72 Å². The topological polar surface area (TPSA) is 106 Å². The van der Waals surface area contributed by atoms with Crippen LogP contribution in [0.1, 0.15) is 17.3 Å². The smallest absolute Gasteiger partial charge is 0.261 e. The second kappa shape index (κ2) is 6.86. The Morgan fingerprint density at radius 1 is 1.04 bits per heavy atom. The minimum atomic E-state index is -3.81. The zero-order valence-electron chi connectivity index (χ0n) is 14.8. The Morgan fingerprint density at radius 3 is 2.57 bits per heavy atom. The van der Waals surface area contributed by atoms with E-state index >= 15 is 0 Å². The summed E-state index contributed by atoms with van der Waals surface area (Å²) >= 11 is 0. The predicted molar refractivity (Wildman–Crippen MR) is 103 cm³/mol. The van der Waals surface area contributed by atoms with E-state index in [4.69, 9.17) is 0 Å². The Labute approximate surface area is 160 Å². The molecule has 0 unspecified atom stereocenters. The average Bonchev–Trinajstić information content (AvgIpc) is 3.16. The van der Waals surface area contributed by atoms with Crippen LogP contribution in [0, 0.1) is 0 Å². The maximum absolute atomic E-state index is 12.6. The second-order valence-electron chi connectivity index (χ2n) is 6.12. The summed E-state index contributed by atoms with van der Waals surface area (Å²) in [6.45, 7) is 1.39. The maximum atomic E-state index is 12.6. The molecule has 8 nitrogen and oxygen atoms in total. The standard InChI is InChI=1S/C19H15N5O3S/c1-13(25)15-3-2-4-17(11-15)28(26,27)23-16-7-5-14(6-8-16)18-9-10-19-21-20-12-24(19)22-18/h2-12,23H,1H3. The highest BCUT2D eigenvalue weighted by Crippen LogP contribution is 2.22. The van der Waals surface area contributed by atoms with E-state index in [9.17, 15) is 13.2 Å². The van der Waals surface area contributed by atoms with Crippen LogP contribution in [-0.4, -0.2) is 34.0 Å². The number of fused-ring (bicyclic) bond motifs is 1. The zero-order valence-corrected chi connectivity index (χ0v) is 15.6. The summed E-state index contributed by atoms with van der Waals surface area (Å²) in [4.78, 5) is 11.5. The van der Waals surface area contributed by atoms with Gasteiger partial charge in [-0.15, -0.1) is 10.2 Å². The molecule has 0 amide bonds. The summed E-state index contributed by atoms with van der Waals surface area (Å²) in [5, 5.41) is 12.1. The number of aromatic nitrogens is 4. The van der Waals surface area contributed by atoms with Gasteiger partial charge in [0.25, 0.3) is 10.0 Å². The first-order valence-electron chi connectivity index (χ1n) is 8.34. The van der Waals surface area contributed by atoms with Crippen molar-refractivity contribution in [3.63, 3.8) is 0 Å². The third-order valence-electron chi connectivity index (χ3n) is 4.15. The molecule has 4 rings (SSSR count). The summed E-state index contributed by atoms with van der Waals surface area (Å²) in [6, 6.07) is 16.4. The van der Waals surface area contributed by atoms with Gasteiger partial charge < -0.3 is 0 Å². The molecule has 0 bridgehead atoms. The Balaban J connectivity index is 1.58. The van der Waals surface area contributed by atoms with Crippen LogP contribution in [0.2, 0.25) is 0 Å². The summed E-state index contributed by atoms with van der Waals surface area (Å²) in [6.07, 6.45) is 1.51. The molecule has 0 aliphatic rings. The third kappa shape index (κ3) is 3.47. The van der Waals surface area contributed by atoms with Gasteiger partial charge in [0, 0.05) is 16.8 Å². The number of ketones is 1. The van der Waals surface area contributed by atoms with Crippen LogP contribution in [0.3, 0.4) is 0 Å². The van der Waals surface area contributed by atoms with E-state index in [1.807, 2.05) is 6.07 Å². The van der Waals surface area contributed by atoms with Gasteiger partial charge in [0.05, 0.1) is 10.6 Å². The van der Waals surface area contributed by atoms with Crippen molar-refractivity contribution in [3.05, 3.63) is 72.6 Å². The maximum Gasteiger partial charge on any atom is 0.261 e. The van der Waals surface area contributed by atoms with Gasteiger partial charge >= 0.3 is 0 Å². The summed E-state index contributed by atoms with van der Waals surface area (Å²) in [5.74, 6) is -0.195. The Kier molecular flexibility index (Phi) is 4.36. The van der Waals surface area contributed by atoms with Crippen molar-refractivity contribution >= 4 is 27.1 Å². The van der Waals surface area contributed by atoms with Gasteiger partial charge in [-0.3, -0.25) is 9.52 Å². The molecule has 9 heteroatoms. The average molecular weight is 393 g/mol. The molecule has 1 N–H and O–H groups in total. The van der Waals surface area contributed by atoms with Gasteiger partial charge in [-0.2, -0.15) is 9.61 Å². The molecule has 28 heavy (non-hydrogen) atoms. The molecular formula is C19H15N5O3S. The Hall–Kier alpha value is -3.59. The van der Waals surface area contributed by atoms with E-state index in [1.54, 1.807) is 47.0 Å². The molecule has 140 valence electrons. The summed E-state index contributed by atoms with van der Waals surface area (Å²) in [7, 11) is -3.81. The van der Waals surface area contributed by atoms with Gasteiger partial charge in [0.2, 0.25) is 0 Å². The molecule has 0 aliphatic carbocycles. The molecule has 2 aromatic heterocycles. The van der Waals surface area contributed by atoms with E-state index in [-0.39, 0.29) is 10.7 Å². The number of sulfonamides is 1. The first-order valence-corrected chi connectivity index (χ1v) is 9.82. The molecular weight excluding hydrogens is 378 g/mol. The number of hydrogen-bond donors (Lipinski definition) is 1. The number of carbonyl (C=O) groups is 1. The van der Waals surface area contributed by atoms with Crippen molar-refractivity contribution in [1.82, 2.24) is 19.8 Å². The quantitative estimate of drug-likeness (QED) is 0.523. The normalized spacial score (nSPS) is 11.5. The molecule has 0 radical (unpaired) electrons. The van der Waals surface area contributed by atoms with Crippen molar-refractivity contribution in [3.8, 4) is 11.3 Å². The van der Waals surface area contributed by atoms with E-state index in [0.29, 0.717) is 22.6 Å². The second-order valence-corrected chi connectivity index (χ2v) is 7.80. The number of hydrogen-bond acceptors (Lipinski definition) is 6. The summed E-state index contributed by atoms with van der Waals surface area (Å²) in [5.41, 5.74) is 2.91. The van der Waals surface area contributed by atoms with E-state index in [1.165, 1.54) is 25.4 Å². The van der Waals surface area contributed by atoms with Gasteiger partial charge in [0.15, 0.2) is 11.4 Å². The SMILES string of the molecule is CC(=O)c1cccc(S(=O)(=O)Nc2ccc(-c3ccc4nncn4n3)cc2)c1. The lowest BCUT2D eigenvalue weighted by molar-refractivity contribution is 0.101. The minimum absolute atomic E-state index is 0.0315. The van der Waals surface area contributed by atoms with Crippen molar-refractivity contribution in [1.29, 1.82) is 0 Å². The number of anilines is 1. The molecule has 2 heterocycles. The fraction of sp³-hybridized carbons (Fsp3) is 0.0526. The lowest BCUT2D eigenvalue weighted by atomic mass is 10.1. The van der Waals surface area contributed by atoms with Crippen molar-refractivity contribution in [2.45, 2.75) is 11.8 Å². The molecule has 4 aromatic rings. The van der Waals surface area contributed by atoms with Crippen LogP contribution in [0.25, 0.3) is 16.9 Å². The molecule has 0 saturated heterocycles. The zero-order chi connectivity index (χ0) is 19.7. The first-order chi connectivity index (χ1) is 13.4. The highest BCUT2D eigenvalue weighted by molar-refractivity contribution is 7.92. The molecule has 0 saturated carbocycles. The monoisotopic (exact) mass is 393 g/mol. The van der Waals surface area contributed by atoms with E-state index in [0.717, 1.165) is 5.56 Å². The van der Waals surface area contributed by atoms with Gasteiger partial charge in [-0.05, 0) is 43.3 Å². The van der Waals surface area contributed by atoms with Gasteiger partial charge in [0.1, 0.15) is 6.33 Å².